The zero-order valence-electron chi connectivity index (χ0n) is 13.2. The average molecular weight is 388 g/mol. The molecular formula is C19H18BrNO3. The van der Waals surface area contributed by atoms with Crippen molar-refractivity contribution in [3.63, 3.8) is 0 Å². The molecule has 0 atom stereocenters. The zero-order chi connectivity index (χ0) is 16.9. The molecule has 24 heavy (non-hydrogen) atoms. The third-order valence-electron chi connectivity index (χ3n) is 4.00. The van der Waals surface area contributed by atoms with Crippen molar-refractivity contribution in [2.45, 2.75) is 25.8 Å². The molecule has 0 radical (unpaired) electrons. The van der Waals surface area contributed by atoms with Gasteiger partial charge >= 0.3 is 0 Å². The summed E-state index contributed by atoms with van der Waals surface area (Å²) in [6.45, 7) is 0.428. The normalized spacial score (nSPS) is 13.3. The van der Waals surface area contributed by atoms with Gasteiger partial charge in [0.05, 0.1) is 0 Å². The second-order valence-electron chi connectivity index (χ2n) is 5.79. The van der Waals surface area contributed by atoms with Crippen LogP contribution in [-0.2, 0) is 17.8 Å². The Balaban J connectivity index is 1.51. The lowest BCUT2D eigenvalue weighted by molar-refractivity contribution is -0.123. The summed E-state index contributed by atoms with van der Waals surface area (Å²) in [4.78, 5) is 23.7. The van der Waals surface area contributed by atoms with Crippen LogP contribution >= 0.6 is 15.9 Å². The maximum absolute atomic E-state index is 11.9. The first-order valence-electron chi connectivity index (χ1n) is 7.92. The number of hydrogen-bond acceptors (Lipinski definition) is 3. The molecule has 0 aromatic heterocycles. The monoisotopic (exact) mass is 387 g/mol. The summed E-state index contributed by atoms with van der Waals surface area (Å²) in [6, 6.07) is 13.2. The van der Waals surface area contributed by atoms with E-state index < -0.39 is 0 Å². The topological polar surface area (TPSA) is 55.4 Å². The van der Waals surface area contributed by atoms with Crippen LogP contribution in [0.1, 0.15) is 34.3 Å². The molecule has 0 heterocycles. The van der Waals surface area contributed by atoms with Crippen LogP contribution < -0.4 is 10.1 Å². The summed E-state index contributed by atoms with van der Waals surface area (Å²) in [5, 5.41) is 2.82. The Kier molecular flexibility index (Phi) is 5.30. The first-order chi connectivity index (χ1) is 11.6. The van der Waals surface area contributed by atoms with E-state index in [2.05, 4.69) is 21.2 Å². The molecular weight excluding hydrogens is 370 g/mol. The van der Waals surface area contributed by atoms with Gasteiger partial charge in [-0.2, -0.15) is 0 Å². The van der Waals surface area contributed by atoms with Crippen molar-refractivity contribution in [2.75, 3.05) is 6.61 Å². The van der Waals surface area contributed by atoms with E-state index >= 15 is 0 Å². The number of halogens is 1. The summed E-state index contributed by atoms with van der Waals surface area (Å²) in [5.74, 6) is 0.643. The van der Waals surface area contributed by atoms with Gasteiger partial charge in [0.15, 0.2) is 12.4 Å². The number of nitrogens with one attached hydrogen (secondary N) is 1. The van der Waals surface area contributed by atoms with Gasteiger partial charge in [0.25, 0.3) is 5.91 Å². The van der Waals surface area contributed by atoms with E-state index in [4.69, 9.17) is 4.74 Å². The Morgan fingerprint density at radius 3 is 2.71 bits per heavy atom. The van der Waals surface area contributed by atoms with Crippen LogP contribution in [-0.4, -0.2) is 18.3 Å². The number of ketones is 1. The van der Waals surface area contributed by atoms with Gasteiger partial charge in [-0.25, -0.2) is 0 Å². The van der Waals surface area contributed by atoms with E-state index in [1.54, 1.807) is 12.1 Å². The maximum atomic E-state index is 11.9. The molecule has 1 aliphatic carbocycles. The Hall–Kier alpha value is -2.14. The minimum Gasteiger partial charge on any atom is -0.484 e. The molecule has 0 unspecified atom stereocenters. The average Bonchev–Trinajstić information content (AvgIpc) is 2.59. The van der Waals surface area contributed by atoms with Crippen molar-refractivity contribution < 1.29 is 14.3 Å². The van der Waals surface area contributed by atoms with Crippen molar-refractivity contribution in [1.29, 1.82) is 0 Å². The number of Topliss-reactive ketones (excluding diaryl/α,β-unsaturated/α-hetero) is 1. The van der Waals surface area contributed by atoms with E-state index in [0.717, 1.165) is 34.0 Å². The van der Waals surface area contributed by atoms with E-state index in [0.29, 0.717) is 18.7 Å². The highest BCUT2D eigenvalue weighted by molar-refractivity contribution is 9.10. The molecule has 1 N–H and O–H groups in total. The SMILES string of the molecule is O=C(COc1ccc2c(c1)CCCC2=O)NCc1ccc(Br)cc1. The maximum Gasteiger partial charge on any atom is 0.258 e. The molecule has 5 heteroatoms. The zero-order valence-corrected chi connectivity index (χ0v) is 14.8. The highest BCUT2D eigenvalue weighted by atomic mass is 79.9. The van der Waals surface area contributed by atoms with E-state index in [1.165, 1.54) is 0 Å². The molecule has 124 valence electrons. The standard InChI is InChI=1S/C19H18BrNO3/c20-15-6-4-13(5-7-15)11-21-19(23)12-24-16-8-9-17-14(10-16)2-1-3-18(17)22/h4-10H,1-3,11-12H2,(H,21,23). The first-order valence-corrected chi connectivity index (χ1v) is 8.71. The van der Waals surface area contributed by atoms with Crippen LogP contribution in [0.2, 0.25) is 0 Å². The number of ether oxygens (including phenoxy) is 1. The molecule has 0 saturated heterocycles. The van der Waals surface area contributed by atoms with Gasteiger partial charge < -0.3 is 10.1 Å². The lowest BCUT2D eigenvalue weighted by Crippen LogP contribution is -2.28. The summed E-state index contributed by atoms with van der Waals surface area (Å²) >= 11 is 3.38. The van der Waals surface area contributed by atoms with Crippen LogP contribution in [0.25, 0.3) is 0 Å². The van der Waals surface area contributed by atoms with Crippen molar-refractivity contribution in [1.82, 2.24) is 5.32 Å². The Morgan fingerprint density at radius 1 is 1.12 bits per heavy atom. The smallest absolute Gasteiger partial charge is 0.258 e. The largest absolute Gasteiger partial charge is 0.484 e. The van der Waals surface area contributed by atoms with Crippen molar-refractivity contribution >= 4 is 27.6 Å². The molecule has 3 rings (SSSR count). The first kappa shape index (κ1) is 16.7. The van der Waals surface area contributed by atoms with Crippen LogP contribution in [0.4, 0.5) is 0 Å². The predicted octanol–water partition coefficient (Wildman–Crippen LogP) is 3.66. The van der Waals surface area contributed by atoms with Gasteiger partial charge in [-0.15, -0.1) is 0 Å². The molecule has 0 spiro atoms. The number of aryl methyl sites for hydroxylation is 1. The van der Waals surface area contributed by atoms with Gasteiger partial charge in [-0.05, 0) is 54.3 Å². The molecule has 0 bridgehead atoms. The quantitative estimate of drug-likeness (QED) is 0.851. The van der Waals surface area contributed by atoms with Crippen LogP contribution in [0.15, 0.2) is 46.9 Å². The summed E-state index contributed by atoms with van der Waals surface area (Å²) < 4.78 is 6.55. The van der Waals surface area contributed by atoms with Gasteiger partial charge in [0.1, 0.15) is 5.75 Å². The number of carbonyl (C=O) groups excluding carboxylic acids is 2. The predicted molar refractivity (Wildman–Crippen MR) is 95.2 cm³/mol. The number of hydrogen-bond donors (Lipinski definition) is 1. The number of amides is 1. The fraction of sp³-hybridized carbons (Fsp3) is 0.263. The Bertz CT molecular complexity index is 756. The second kappa shape index (κ2) is 7.62. The number of rotatable bonds is 5. The molecule has 2 aromatic rings. The molecule has 1 aliphatic rings. The lowest BCUT2D eigenvalue weighted by atomic mass is 9.91. The van der Waals surface area contributed by atoms with E-state index in [1.807, 2.05) is 30.3 Å². The fourth-order valence-corrected chi connectivity index (χ4v) is 2.98. The van der Waals surface area contributed by atoms with Crippen LogP contribution in [0.5, 0.6) is 5.75 Å². The number of benzene rings is 2. The molecule has 4 nitrogen and oxygen atoms in total. The lowest BCUT2D eigenvalue weighted by Gasteiger charge is -2.16. The number of carbonyl (C=O) groups is 2. The van der Waals surface area contributed by atoms with Gasteiger partial charge in [-0.1, -0.05) is 28.1 Å². The van der Waals surface area contributed by atoms with Crippen LogP contribution in [0.3, 0.4) is 0 Å². The highest BCUT2D eigenvalue weighted by Gasteiger charge is 2.17. The third-order valence-corrected chi connectivity index (χ3v) is 4.53. The van der Waals surface area contributed by atoms with Crippen molar-refractivity contribution in [3.05, 3.63) is 63.6 Å². The number of fused-ring (bicyclic) bond motifs is 1. The molecule has 1 amide bonds. The van der Waals surface area contributed by atoms with Crippen molar-refractivity contribution in [3.8, 4) is 5.75 Å². The Labute approximate surface area is 149 Å². The molecule has 0 fully saturated rings. The second-order valence-corrected chi connectivity index (χ2v) is 6.70. The highest BCUT2D eigenvalue weighted by Crippen LogP contribution is 2.25. The minimum atomic E-state index is -0.174. The van der Waals surface area contributed by atoms with Crippen molar-refractivity contribution in [2.24, 2.45) is 0 Å². The summed E-state index contributed by atoms with van der Waals surface area (Å²) in [7, 11) is 0. The van der Waals surface area contributed by atoms with Gasteiger partial charge in [0.2, 0.25) is 0 Å². The molecule has 2 aromatic carbocycles. The van der Waals surface area contributed by atoms with Gasteiger partial charge in [-0.3, -0.25) is 9.59 Å². The summed E-state index contributed by atoms with van der Waals surface area (Å²) in [5.41, 5.74) is 2.83. The molecule has 0 aliphatic heterocycles. The third kappa shape index (κ3) is 4.23. The van der Waals surface area contributed by atoms with Gasteiger partial charge in [0, 0.05) is 23.0 Å². The summed E-state index contributed by atoms with van der Waals surface area (Å²) in [6.07, 6.45) is 2.38. The Morgan fingerprint density at radius 2 is 1.92 bits per heavy atom. The van der Waals surface area contributed by atoms with Crippen LogP contribution in [0, 0.1) is 0 Å². The van der Waals surface area contributed by atoms with E-state index in [9.17, 15) is 9.59 Å². The molecule has 0 saturated carbocycles. The minimum absolute atomic E-state index is 0.0384. The van der Waals surface area contributed by atoms with E-state index in [-0.39, 0.29) is 18.3 Å². The fourth-order valence-electron chi connectivity index (χ4n) is 2.72.